The molecule has 1 atom stereocenters. The second kappa shape index (κ2) is 10.2. The van der Waals surface area contributed by atoms with E-state index >= 15 is 0 Å². The maximum absolute atomic E-state index is 4.05. The van der Waals surface area contributed by atoms with E-state index in [1.54, 1.807) is 0 Å². The average molecular weight is 599 g/mol. The van der Waals surface area contributed by atoms with Crippen LogP contribution in [0.25, 0.3) is 76.2 Å². The first-order chi connectivity index (χ1) is 23.3. The summed E-state index contributed by atoms with van der Waals surface area (Å²) in [6, 6.07) is 57.3. The Hall–Kier alpha value is -6.12. The van der Waals surface area contributed by atoms with Crippen molar-refractivity contribution in [2.24, 2.45) is 0 Å². The number of fused-ring (bicyclic) bond motifs is 11. The summed E-state index contributed by atoms with van der Waals surface area (Å²) in [6.07, 6.45) is 4.59. The Morgan fingerprint density at radius 1 is 0.447 bits per heavy atom. The Balaban J connectivity index is 1.34. The maximum atomic E-state index is 4.05. The van der Waals surface area contributed by atoms with Crippen LogP contribution in [0.15, 0.2) is 170 Å². The van der Waals surface area contributed by atoms with Crippen LogP contribution in [-0.4, -0.2) is 4.57 Å². The summed E-state index contributed by atoms with van der Waals surface area (Å²) in [5.74, 6) is 0. The molecule has 0 spiro atoms. The minimum atomic E-state index is -0.137. The van der Waals surface area contributed by atoms with Crippen LogP contribution in [0.1, 0.15) is 17.3 Å². The van der Waals surface area contributed by atoms with E-state index in [1.807, 2.05) is 0 Å². The largest absolute Gasteiger partial charge is 0.361 e. The standard InChI is InChI=1S/C45H30N2/c1-2-13-29(14-3-1)32-27-40(36-23-12-17-30-15-4-6-18-33(30)36)46-42(28-32)47-41-24-11-10-22-39(41)44-43-34-19-7-5-16-31(34)25-26-37(43)35-20-8-9-21-38(35)45(44)47/h1-28,42,46H. The van der Waals surface area contributed by atoms with Gasteiger partial charge in [-0.05, 0) is 61.7 Å². The summed E-state index contributed by atoms with van der Waals surface area (Å²) >= 11 is 0. The van der Waals surface area contributed by atoms with E-state index in [9.17, 15) is 0 Å². The number of rotatable bonds is 3. The van der Waals surface area contributed by atoms with Crippen LogP contribution in [0.5, 0.6) is 0 Å². The highest BCUT2D eigenvalue weighted by atomic mass is 15.2. The van der Waals surface area contributed by atoms with Crippen molar-refractivity contribution in [2.45, 2.75) is 6.17 Å². The van der Waals surface area contributed by atoms with E-state index in [0.717, 1.165) is 5.70 Å². The fourth-order valence-electron chi connectivity index (χ4n) is 7.94. The van der Waals surface area contributed by atoms with Crippen molar-refractivity contribution in [3.8, 4) is 0 Å². The molecule has 220 valence electrons. The third kappa shape index (κ3) is 3.92. The lowest BCUT2D eigenvalue weighted by Gasteiger charge is -2.29. The van der Waals surface area contributed by atoms with Crippen LogP contribution >= 0.6 is 0 Å². The van der Waals surface area contributed by atoms with Crippen molar-refractivity contribution in [3.05, 3.63) is 181 Å². The van der Waals surface area contributed by atoms with Gasteiger partial charge in [-0.1, -0.05) is 152 Å². The Bertz CT molecular complexity index is 2760. The summed E-state index contributed by atoms with van der Waals surface area (Å²) in [5.41, 5.74) is 7.21. The smallest absolute Gasteiger partial charge is 0.124 e. The molecule has 0 aliphatic carbocycles. The molecule has 2 heteroatoms. The molecule has 0 radical (unpaired) electrons. The van der Waals surface area contributed by atoms with E-state index in [0.29, 0.717) is 0 Å². The summed E-state index contributed by atoms with van der Waals surface area (Å²) in [4.78, 5) is 0. The molecule has 0 amide bonds. The lowest BCUT2D eigenvalue weighted by molar-refractivity contribution is 0.592. The molecule has 2 nitrogen and oxygen atoms in total. The molecular weight excluding hydrogens is 569 g/mol. The van der Waals surface area contributed by atoms with Gasteiger partial charge in [-0.25, -0.2) is 0 Å². The van der Waals surface area contributed by atoms with Gasteiger partial charge in [-0.2, -0.15) is 0 Å². The van der Waals surface area contributed by atoms with E-state index in [-0.39, 0.29) is 6.17 Å². The summed E-state index contributed by atoms with van der Waals surface area (Å²) in [5, 5.41) is 16.8. The number of nitrogens with one attached hydrogen (secondary N) is 1. The fraction of sp³-hybridized carbons (Fsp3) is 0.0222. The molecule has 8 aromatic carbocycles. The van der Waals surface area contributed by atoms with Crippen molar-refractivity contribution in [1.29, 1.82) is 0 Å². The van der Waals surface area contributed by atoms with Crippen LogP contribution in [-0.2, 0) is 0 Å². The summed E-state index contributed by atoms with van der Waals surface area (Å²) in [7, 11) is 0. The first-order valence-corrected chi connectivity index (χ1v) is 16.3. The topological polar surface area (TPSA) is 17.0 Å². The van der Waals surface area contributed by atoms with Gasteiger partial charge in [-0.15, -0.1) is 0 Å². The Morgan fingerprint density at radius 2 is 1.09 bits per heavy atom. The second-order valence-electron chi connectivity index (χ2n) is 12.5. The third-order valence-electron chi connectivity index (χ3n) is 9.97. The van der Waals surface area contributed by atoms with Crippen LogP contribution in [0.3, 0.4) is 0 Å². The van der Waals surface area contributed by atoms with Gasteiger partial charge in [0.15, 0.2) is 0 Å². The highest BCUT2D eigenvalue weighted by molar-refractivity contribution is 6.36. The first-order valence-electron chi connectivity index (χ1n) is 16.3. The third-order valence-corrected chi connectivity index (χ3v) is 9.97. The van der Waals surface area contributed by atoms with Crippen LogP contribution in [0.2, 0.25) is 0 Å². The molecule has 47 heavy (non-hydrogen) atoms. The molecule has 10 rings (SSSR count). The SMILES string of the molecule is C1=C(c2ccccc2)C=C(c2cccc3ccccc23)NC1n1c2ccccc2c2c3c4ccccc4ccc3c3ccccc3c21. The molecule has 1 N–H and O–H groups in total. The normalized spacial score (nSPS) is 15.0. The molecule has 0 bridgehead atoms. The molecule has 0 saturated heterocycles. The Kier molecular flexibility index (Phi) is 5.67. The van der Waals surface area contributed by atoms with Gasteiger partial charge in [0.2, 0.25) is 0 Å². The van der Waals surface area contributed by atoms with Crippen LogP contribution < -0.4 is 5.32 Å². The molecule has 9 aromatic rings. The number of hydrogen-bond acceptors (Lipinski definition) is 1. The van der Waals surface area contributed by atoms with Gasteiger partial charge in [0, 0.05) is 32.8 Å². The lowest BCUT2D eigenvalue weighted by Crippen LogP contribution is -2.26. The van der Waals surface area contributed by atoms with Gasteiger partial charge in [0.25, 0.3) is 0 Å². The van der Waals surface area contributed by atoms with Crippen molar-refractivity contribution in [1.82, 2.24) is 9.88 Å². The molecule has 1 unspecified atom stereocenters. The zero-order valence-electron chi connectivity index (χ0n) is 25.7. The van der Waals surface area contributed by atoms with E-state index in [2.05, 4.69) is 180 Å². The Morgan fingerprint density at radius 3 is 1.91 bits per heavy atom. The van der Waals surface area contributed by atoms with Gasteiger partial charge < -0.3 is 9.88 Å². The molecule has 0 fully saturated rings. The van der Waals surface area contributed by atoms with Gasteiger partial charge in [-0.3, -0.25) is 0 Å². The van der Waals surface area contributed by atoms with Crippen molar-refractivity contribution in [3.63, 3.8) is 0 Å². The molecule has 2 heterocycles. The average Bonchev–Trinajstić information content (AvgIpc) is 3.50. The van der Waals surface area contributed by atoms with Crippen molar-refractivity contribution in [2.75, 3.05) is 0 Å². The van der Waals surface area contributed by atoms with Gasteiger partial charge >= 0.3 is 0 Å². The predicted molar refractivity (Wildman–Crippen MR) is 200 cm³/mol. The summed E-state index contributed by atoms with van der Waals surface area (Å²) < 4.78 is 2.55. The quantitative estimate of drug-likeness (QED) is 0.200. The molecular formula is C45H30N2. The zero-order chi connectivity index (χ0) is 30.9. The van der Waals surface area contributed by atoms with E-state index < -0.39 is 0 Å². The van der Waals surface area contributed by atoms with E-state index in [4.69, 9.17) is 0 Å². The number of dihydropyridines is 1. The molecule has 1 aromatic heterocycles. The number of nitrogens with zero attached hydrogens (tertiary/aromatic N) is 1. The maximum Gasteiger partial charge on any atom is 0.124 e. The lowest BCUT2D eigenvalue weighted by atomic mass is 9.92. The predicted octanol–water partition coefficient (Wildman–Crippen LogP) is 11.6. The zero-order valence-corrected chi connectivity index (χ0v) is 25.7. The number of hydrogen-bond donors (Lipinski definition) is 1. The molecule has 1 aliphatic heterocycles. The number of aromatic nitrogens is 1. The van der Waals surface area contributed by atoms with E-state index in [1.165, 1.54) is 81.6 Å². The van der Waals surface area contributed by atoms with Crippen LogP contribution in [0.4, 0.5) is 0 Å². The first kappa shape index (κ1) is 26.1. The fourth-order valence-corrected chi connectivity index (χ4v) is 7.94. The minimum Gasteiger partial charge on any atom is -0.361 e. The van der Waals surface area contributed by atoms with Crippen molar-refractivity contribution < 1.29 is 0 Å². The second-order valence-corrected chi connectivity index (χ2v) is 12.5. The number of benzene rings is 8. The monoisotopic (exact) mass is 598 g/mol. The van der Waals surface area contributed by atoms with Crippen LogP contribution in [0, 0.1) is 0 Å². The van der Waals surface area contributed by atoms with Crippen molar-refractivity contribution >= 4 is 76.2 Å². The molecule has 1 aliphatic rings. The highest BCUT2D eigenvalue weighted by Gasteiger charge is 2.26. The van der Waals surface area contributed by atoms with Gasteiger partial charge in [0.05, 0.1) is 11.0 Å². The molecule has 0 saturated carbocycles. The highest BCUT2D eigenvalue weighted by Crippen LogP contribution is 2.45. The number of allylic oxidation sites excluding steroid dienone is 2. The number of para-hydroxylation sites is 1. The summed E-state index contributed by atoms with van der Waals surface area (Å²) in [6.45, 7) is 0. The van der Waals surface area contributed by atoms with Gasteiger partial charge in [0.1, 0.15) is 6.17 Å². The minimum absolute atomic E-state index is 0.137. The Labute approximate surface area is 272 Å².